The van der Waals surface area contributed by atoms with E-state index in [2.05, 4.69) is 26.1 Å². The van der Waals surface area contributed by atoms with E-state index in [0.29, 0.717) is 6.54 Å². The quantitative estimate of drug-likeness (QED) is 0.810. The molecule has 0 saturated heterocycles. The van der Waals surface area contributed by atoms with Crippen molar-refractivity contribution in [3.8, 4) is 0 Å². The molecule has 1 atom stereocenters. The Bertz CT molecular complexity index is 532. The number of carbonyl (C=O) groups excluding carboxylic acids is 1. The smallest absolute Gasteiger partial charge is 0.317 e. The average Bonchev–Trinajstić information content (AvgIpc) is 2.45. The number of hydrogen-bond donors (Lipinski definition) is 2. The molecule has 0 bridgehead atoms. The van der Waals surface area contributed by atoms with Crippen LogP contribution in [0.15, 0.2) is 24.3 Å². The number of anilines is 1. The summed E-state index contributed by atoms with van der Waals surface area (Å²) in [6, 6.07) is 7.27. The molecular formula is C18H28N2O3. The molecule has 1 aromatic rings. The molecule has 5 nitrogen and oxygen atoms in total. The third-order valence-corrected chi connectivity index (χ3v) is 3.79. The van der Waals surface area contributed by atoms with Crippen LogP contribution in [0.25, 0.3) is 0 Å². The van der Waals surface area contributed by atoms with Crippen LogP contribution >= 0.6 is 0 Å². The summed E-state index contributed by atoms with van der Waals surface area (Å²) < 4.78 is 0. The lowest BCUT2D eigenvalue weighted by Gasteiger charge is -2.26. The Kier molecular flexibility index (Phi) is 6.76. The zero-order valence-corrected chi connectivity index (χ0v) is 14.7. The number of carbonyl (C=O) groups is 2. The molecule has 0 spiro atoms. The van der Waals surface area contributed by atoms with Crippen LogP contribution in [0.1, 0.15) is 46.6 Å². The minimum atomic E-state index is -0.923. The molecule has 1 unspecified atom stereocenters. The van der Waals surface area contributed by atoms with Gasteiger partial charge in [-0.1, -0.05) is 39.8 Å². The molecule has 0 aromatic heterocycles. The van der Waals surface area contributed by atoms with Gasteiger partial charge in [0.25, 0.3) is 0 Å². The number of carboxylic acid groups (broad SMARTS) is 1. The predicted octanol–water partition coefficient (Wildman–Crippen LogP) is 3.11. The highest BCUT2D eigenvalue weighted by molar-refractivity contribution is 5.94. The fourth-order valence-corrected chi connectivity index (χ4v) is 2.34. The van der Waals surface area contributed by atoms with Crippen molar-refractivity contribution in [2.75, 3.05) is 18.4 Å². The number of aliphatic carboxylic acids is 1. The maximum atomic E-state index is 12.3. The molecule has 2 N–H and O–H groups in total. The first-order valence-electron chi connectivity index (χ1n) is 8.02. The van der Waals surface area contributed by atoms with E-state index in [9.17, 15) is 9.59 Å². The van der Waals surface area contributed by atoms with Crippen LogP contribution in [0.5, 0.6) is 0 Å². The first-order valence-corrected chi connectivity index (χ1v) is 8.02. The van der Waals surface area contributed by atoms with Gasteiger partial charge in [-0.3, -0.25) is 14.5 Å². The number of hydrogen-bond acceptors (Lipinski definition) is 3. The van der Waals surface area contributed by atoms with Crippen LogP contribution in [-0.4, -0.2) is 41.0 Å². The van der Waals surface area contributed by atoms with Crippen molar-refractivity contribution >= 4 is 17.6 Å². The number of nitrogens with one attached hydrogen (secondary N) is 1. The minimum Gasteiger partial charge on any atom is -0.480 e. The molecule has 0 aliphatic rings. The van der Waals surface area contributed by atoms with Crippen LogP contribution in [0.3, 0.4) is 0 Å². The summed E-state index contributed by atoms with van der Waals surface area (Å²) in [5.74, 6) is -1.11. The zero-order chi connectivity index (χ0) is 17.6. The molecule has 1 aromatic carbocycles. The normalized spacial score (nSPS) is 13.0. The first-order chi connectivity index (χ1) is 10.6. The second-order valence-corrected chi connectivity index (χ2v) is 6.86. The molecule has 0 aliphatic heterocycles. The van der Waals surface area contributed by atoms with Crippen LogP contribution in [0.2, 0.25) is 0 Å². The van der Waals surface area contributed by atoms with E-state index >= 15 is 0 Å². The Morgan fingerprint density at radius 2 is 1.78 bits per heavy atom. The number of amides is 1. The van der Waals surface area contributed by atoms with E-state index < -0.39 is 12.0 Å². The van der Waals surface area contributed by atoms with E-state index in [0.717, 1.165) is 12.1 Å². The van der Waals surface area contributed by atoms with E-state index in [1.807, 2.05) is 31.2 Å². The van der Waals surface area contributed by atoms with Crippen LogP contribution in [-0.2, 0) is 15.0 Å². The summed E-state index contributed by atoms with van der Waals surface area (Å²) >= 11 is 0. The van der Waals surface area contributed by atoms with E-state index in [1.165, 1.54) is 5.56 Å². The van der Waals surface area contributed by atoms with E-state index in [4.69, 9.17) is 5.11 Å². The van der Waals surface area contributed by atoms with Gasteiger partial charge in [0.15, 0.2) is 0 Å². The van der Waals surface area contributed by atoms with Gasteiger partial charge in [-0.05, 0) is 43.0 Å². The first kappa shape index (κ1) is 19.2. The van der Waals surface area contributed by atoms with Gasteiger partial charge in [0, 0.05) is 5.69 Å². The Hall–Kier alpha value is -1.88. The van der Waals surface area contributed by atoms with Crippen molar-refractivity contribution in [1.82, 2.24) is 4.90 Å². The van der Waals surface area contributed by atoms with E-state index in [-0.39, 0.29) is 17.9 Å². The predicted molar refractivity (Wildman–Crippen MR) is 92.7 cm³/mol. The van der Waals surface area contributed by atoms with Gasteiger partial charge in [-0.2, -0.15) is 0 Å². The molecule has 1 rings (SSSR count). The largest absolute Gasteiger partial charge is 0.480 e. The molecule has 128 valence electrons. The summed E-state index contributed by atoms with van der Waals surface area (Å²) in [7, 11) is 0. The summed E-state index contributed by atoms with van der Waals surface area (Å²) in [5, 5.41) is 11.8. The van der Waals surface area contributed by atoms with Gasteiger partial charge in [0.05, 0.1) is 12.6 Å². The summed E-state index contributed by atoms with van der Waals surface area (Å²) in [4.78, 5) is 24.9. The minimum absolute atomic E-state index is 0.0647. The third kappa shape index (κ3) is 6.02. The van der Waals surface area contributed by atoms with Crippen molar-refractivity contribution in [2.45, 2.75) is 52.5 Å². The monoisotopic (exact) mass is 320 g/mol. The lowest BCUT2D eigenvalue weighted by molar-refractivity contribution is -0.139. The van der Waals surface area contributed by atoms with Gasteiger partial charge >= 0.3 is 5.97 Å². The zero-order valence-electron chi connectivity index (χ0n) is 14.7. The standard InChI is InChI=1S/C18H28N2O3/c1-6-11-20(12-16(21)22)13(2)17(23)19-15-9-7-14(8-10-15)18(3,4)5/h7-10,13H,6,11-12H2,1-5H3,(H,19,23)(H,21,22). The lowest BCUT2D eigenvalue weighted by Crippen LogP contribution is -2.44. The van der Waals surface area contributed by atoms with Gasteiger partial charge in [0.1, 0.15) is 0 Å². The van der Waals surface area contributed by atoms with Crippen molar-refractivity contribution in [3.05, 3.63) is 29.8 Å². The van der Waals surface area contributed by atoms with Gasteiger partial charge in [-0.25, -0.2) is 0 Å². The van der Waals surface area contributed by atoms with Gasteiger partial charge in [-0.15, -0.1) is 0 Å². The van der Waals surface area contributed by atoms with Crippen molar-refractivity contribution in [2.24, 2.45) is 0 Å². The van der Waals surface area contributed by atoms with Crippen molar-refractivity contribution in [3.63, 3.8) is 0 Å². The van der Waals surface area contributed by atoms with Crippen molar-refractivity contribution < 1.29 is 14.7 Å². The third-order valence-electron chi connectivity index (χ3n) is 3.79. The molecule has 0 radical (unpaired) electrons. The highest BCUT2D eigenvalue weighted by Crippen LogP contribution is 2.23. The number of rotatable bonds is 7. The molecular weight excluding hydrogens is 292 g/mol. The fourth-order valence-electron chi connectivity index (χ4n) is 2.34. The highest BCUT2D eigenvalue weighted by Gasteiger charge is 2.23. The van der Waals surface area contributed by atoms with Crippen LogP contribution < -0.4 is 5.32 Å². The Morgan fingerprint density at radius 1 is 1.22 bits per heavy atom. The van der Waals surface area contributed by atoms with Gasteiger partial charge < -0.3 is 10.4 Å². The maximum Gasteiger partial charge on any atom is 0.317 e. The van der Waals surface area contributed by atoms with Crippen LogP contribution in [0, 0.1) is 0 Å². The van der Waals surface area contributed by atoms with Crippen LogP contribution in [0.4, 0.5) is 5.69 Å². The molecule has 0 aliphatic carbocycles. The Morgan fingerprint density at radius 3 is 2.22 bits per heavy atom. The van der Waals surface area contributed by atoms with Crippen molar-refractivity contribution in [1.29, 1.82) is 0 Å². The molecule has 5 heteroatoms. The van der Waals surface area contributed by atoms with E-state index in [1.54, 1.807) is 11.8 Å². The molecule has 23 heavy (non-hydrogen) atoms. The second kappa shape index (κ2) is 8.11. The maximum absolute atomic E-state index is 12.3. The topological polar surface area (TPSA) is 69.6 Å². The Labute approximate surface area is 138 Å². The summed E-state index contributed by atoms with van der Waals surface area (Å²) in [5.41, 5.74) is 1.98. The average molecular weight is 320 g/mol. The lowest BCUT2D eigenvalue weighted by atomic mass is 9.87. The number of nitrogens with zero attached hydrogens (tertiary/aromatic N) is 1. The SMILES string of the molecule is CCCN(CC(=O)O)C(C)C(=O)Nc1ccc(C(C)(C)C)cc1. The fraction of sp³-hybridized carbons (Fsp3) is 0.556. The second-order valence-electron chi connectivity index (χ2n) is 6.86. The van der Waals surface area contributed by atoms with Gasteiger partial charge in [0.2, 0.25) is 5.91 Å². The highest BCUT2D eigenvalue weighted by atomic mass is 16.4. The summed E-state index contributed by atoms with van der Waals surface area (Å²) in [6.45, 7) is 10.5. The Balaban J connectivity index is 2.75. The number of benzene rings is 1. The number of carboxylic acids is 1. The molecule has 0 fully saturated rings. The summed E-state index contributed by atoms with van der Waals surface area (Å²) in [6.07, 6.45) is 0.797. The molecule has 1 amide bonds. The molecule has 0 saturated carbocycles. The molecule has 0 heterocycles.